The molecule has 150 valence electrons. The number of hydrogen-bond donors (Lipinski definition) is 3. The molecule has 27 heavy (non-hydrogen) atoms. The lowest BCUT2D eigenvalue weighted by molar-refractivity contribution is -0.154. The summed E-state index contributed by atoms with van der Waals surface area (Å²) in [5.74, 6) is 0.586. The van der Waals surface area contributed by atoms with E-state index in [9.17, 15) is 9.90 Å². The average Bonchev–Trinajstić information content (AvgIpc) is 3.03. The zero-order valence-corrected chi connectivity index (χ0v) is 16.0. The molecular weight excluding hydrogens is 346 g/mol. The molecule has 2 aliphatic rings. The van der Waals surface area contributed by atoms with Gasteiger partial charge in [0.2, 0.25) is 0 Å². The molecule has 2 fully saturated rings. The van der Waals surface area contributed by atoms with Gasteiger partial charge in [-0.25, -0.2) is 0 Å². The van der Waals surface area contributed by atoms with E-state index in [0.29, 0.717) is 19.4 Å². The third-order valence-electron chi connectivity index (χ3n) is 5.31. The maximum atomic E-state index is 12.3. The molecule has 0 amide bonds. The van der Waals surface area contributed by atoms with Crippen LogP contribution in [0.4, 0.5) is 0 Å². The fourth-order valence-corrected chi connectivity index (χ4v) is 3.73. The highest BCUT2D eigenvalue weighted by Gasteiger charge is 2.37. The number of esters is 1. The molecule has 7 heteroatoms. The van der Waals surface area contributed by atoms with E-state index >= 15 is 0 Å². The van der Waals surface area contributed by atoms with Crippen molar-refractivity contribution in [3.05, 3.63) is 29.8 Å². The number of aliphatic hydroxyl groups is 1. The first kappa shape index (κ1) is 20.1. The molecule has 0 unspecified atom stereocenters. The predicted molar refractivity (Wildman–Crippen MR) is 103 cm³/mol. The predicted octanol–water partition coefficient (Wildman–Crippen LogP) is 0.168. The molecule has 0 spiro atoms. The smallest absolute Gasteiger partial charge is 0.306 e. The van der Waals surface area contributed by atoms with Crippen molar-refractivity contribution in [2.75, 3.05) is 46.4 Å². The second-order valence-corrected chi connectivity index (χ2v) is 7.28. The fraction of sp³-hybridized carbons (Fsp3) is 0.650. The third-order valence-corrected chi connectivity index (χ3v) is 5.31. The number of rotatable bonds is 8. The molecular formula is C20H31N3O4. The molecule has 1 aromatic carbocycles. The number of nitrogens with one attached hydrogen (secondary N) is 2. The molecule has 1 aromatic rings. The Hall–Kier alpha value is -1.67. The summed E-state index contributed by atoms with van der Waals surface area (Å²) in [4.78, 5) is 14.6. The van der Waals surface area contributed by atoms with Gasteiger partial charge in [0, 0.05) is 39.1 Å². The number of nitrogens with zero attached hydrogens (tertiary/aromatic N) is 1. The van der Waals surface area contributed by atoms with Crippen molar-refractivity contribution in [1.82, 2.24) is 15.5 Å². The molecule has 0 radical (unpaired) electrons. The zero-order valence-electron chi connectivity index (χ0n) is 16.0. The summed E-state index contributed by atoms with van der Waals surface area (Å²) >= 11 is 0. The first-order chi connectivity index (χ1) is 13.2. The highest BCUT2D eigenvalue weighted by molar-refractivity contribution is 5.69. The van der Waals surface area contributed by atoms with Gasteiger partial charge in [0.25, 0.3) is 0 Å². The minimum atomic E-state index is -0.662. The van der Waals surface area contributed by atoms with E-state index in [1.807, 2.05) is 24.3 Å². The van der Waals surface area contributed by atoms with Gasteiger partial charge >= 0.3 is 5.97 Å². The molecule has 0 saturated carbocycles. The number of aliphatic hydroxyl groups excluding tert-OH is 1. The molecule has 0 bridgehead atoms. The van der Waals surface area contributed by atoms with Crippen molar-refractivity contribution in [1.29, 1.82) is 0 Å². The van der Waals surface area contributed by atoms with Gasteiger partial charge in [0.15, 0.2) is 0 Å². The summed E-state index contributed by atoms with van der Waals surface area (Å²) in [7, 11) is 1.64. The van der Waals surface area contributed by atoms with Gasteiger partial charge in [-0.2, -0.15) is 0 Å². The second kappa shape index (κ2) is 10.0. The normalized spacial score (nSPS) is 26.1. The lowest BCUT2D eigenvalue weighted by Gasteiger charge is -2.27. The lowest BCUT2D eigenvalue weighted by atomic mass is 10.0. The van der Waals surface area contributed by atoms with E-state index in [1.165, 1.54) is 0 Å². The molecule has 3 atom stereocenters. The van der Waals surface area contributed by atoms with Gasteiger partial charge in [-0.15, -0.1) is 0 Å². The summed E-state index contributed by atoms with van der Waals surface area (Å²) in [6, 6.07) is 7.75. The van der Waals surface area contributed by atoms with Crippen LogP contribution in [0, 0.1) is 0 Å². The fourth-order valence-electron chi connectivity index (χ4n) is 3.73. The van der Waals surface area contributed by atoms with Crippen LogP contribution in [0.15, 0.2) is 24.3 Å². The maximum absolute atomic E-state index is 12.3. The Morgan fingerprint density at radius 1 is 1.26 bits per heavy atom. The number of methoxy groups -OCH3 is 1. The first-order valence-electron chi connectivity index (χ1n) is 9.82. The van der Waals surface area contributed by atoms with Crippen LogP contribution in [0.25, 0.3) is 0 Å². The van der Waals surface area contributed by atoms with Crippen LogP contribution in [0.1, 0.15) is 18.4 Å². The summed E-state index contributed by atoms with van der Waals surface area (Å²) in [6.45, 7) is 5.44. The summed E-state index contributed by atoms with van der Waals surface area (Å²) in [6.07, 6.45) is 0.713. The quantitative estimate of drug-likeness (QED) is 0.557. The van der Waals surface area contributed by atoms with Crippen molar-refractivity contribution in [3.63, 3.8) is 0 Å². The van der Waals surface area contributed by atoms with E-state index in [1.54, 1.807) is 7.11 Å². The SMILES string of the molecule is COc1ccc(C[C@H]2NC[C@H](O)[C@H]2OC(=O)CCCN2CCNCC2)cc1. The Morgan fingerprint density at radius 3 is 2.70 bits per heavy atom. The Kier molecular flexibility index (Phi) is 7.46. The van der Waals surface area contributed by atoms with Crippen molar-refractivity contribution in [2.45, 2.75) is 37.5 Å². The van der Waals surface area contributed by atoms with E-state index in [0.717, 1.165) is 50.5 Å². The standard InChI is InChI=1S/C20H31N3O4/c1-26-16-6-4-15(5-7-16)13-17-20(18(24)14-22-17)27-19(25)3-2-10-23-11-8-21-9-12-23/h4-7,17-18,20-22,24H,2-3,8-14H2,1H3/t17-,18+,20+/m1/s1. The molecule has 0 aliphatic carbocycles. The van der Waals surface area contributed by atoms with Gasteiger partial charge in [-0.1, -0.05) is 12.1 Å². The Bertz CT molecular complexity index is 589. The molecule has 7 nitrogen and oxygen atoms in total. The van der Waals surface area contributed by atoms with Gasteiger partial charge in [0.05, 0.1) is 13.2 Å². The Balaban J connectivity index is 1.45. The molecule has 2 saturated heterocycles. The largest absolute Gasteiger partial charge is 0.497 e. The summed E-state index contributed by atoms with van der Waals surface area (Å²) in [5, 5.41) is 16.8. The van der Waals surface area contributed by atoms with Gasteiger partial charge in [-0.05, 0) is 37.1 Å². The van der Waals surface area contributed by atoms with Crippen LogP contribution in [-0.4, -0.2) is 80.6 Å². The molecule has 0 aromatic heterocycles. The van der Waals surface area contributed by atoms with Crippen molar-refractivity contribution < 1.29 is 19.4 Å². The minimum Gasteiger partial charge on any atom is -0.497 e. The topological polar surface area (TPSA) is 83.1 Å². The number of carbonyl (C=O) groups excluding carboxylic acids is 1. The van der Waals surface area contributed by atoms with Crippen LogP contribution in [0.5, 0.6) is 5.75 Å². The van der Waals surface area contributed by atoms with E-state index in [2.05, 4.69) is 15.5 Å². The third kappa shape index (κ3) is 5.90. The Labute approximate surface area is 161 Å². The summed E-state index contributed by atoms with van der Waals surface area (Å²) < 4.78 is 10.8. The van der Waals surface area contributed by atoms with E-state index in [-0.39, 0.29) is 12.0 Å². The molecule has 2 heterocycles. The van der Waals surface area contributed by atoms with Crippen molar-refractivity contribution in [2.24, 2.45) is 0 Å². The number of piperazine rings is 1. The summed E-state index contributed by atoms with van der Waals surface area (Å²) in [5.41, 5.74) is 1.11. The Morgan fingerprint density at radius 2 is 2.00 bits per heavy atom. The van der Waals surface area contributed by atoms with Gasteiger partial charge < -0.3 is 30.1 Å². The van der Waals surface area contributed by atoms with Crippen LogP contribution < -0.4 is 15.4 Å². The highest BCUT2D eigenvalue weighted by Crippen LogP contribution is 2.19. The second-order valence-electron chi connectivity index (χ2n) is 7.28. The van der Waals surface area contributed by atoms with E-state index in [4.69, 9.17) is 9.47 Å². The number of ether oxygens (including phenoxy) is 2. The van der Waals surface area contributed by atoms with Crippen LogP contribution in [0.3, 0.4) is 0 Å². The average molecular weight is 377 g/mol. The number of carbonyl (C=O) groups is 1. The van der Waals surface area contributed by atoms with E-state index < -0.39 is 12.2 Å². The minimum absolute atomic E-state index is 0.0782. The van der Waals surface area contributed by atoms with Gasteiger partial charge in [-0.3, -0.25) is 4.79 Å². The molecule has 3 N–H and O–H groups in total. The van der Waals surface area contributed by atoms with Crippen molar-refractivity contribution >= 4 is 5.97 Å². The molecule has 3 rings (SSSR count). The molecule has 2 aliphatic heterocycles. The maximum Gasteiger partial charge on any atom is 0.306 e. The lowest BCUT2D eigenvalue weighted by Crippen LogP contribution is -2.44. The first-order valence-corrected chi connectivity index (χ1v) is 9.82. The zero-order chi connectivity index (χ0) is 19.1. The van der Waals surface area contributed by atoms with Crippen LogP contribution >= 0.6 is 0 Å². The van der Waals surface area contributed by atoms with Crippen molar-refractivity contribution in [3.8, 4) is 5.75 Å². The van der Waals surface area contributed by atoms with Gasteiger partial charge in [0.1, 0.15) is 18.0 Å². The number of benzene rings is 1. The van der Waals surface area contributed by atoms with Crippen LogP contribution in [-0.2, 0) is 16.0 Å². The number of β-amino-alcohol motifs (C(OH)–C–C–N with tert-alkyl or cyclic N) is 1. The number of hydrogen-bond acceptors (Lipinski definition) is 7. The monoisotopic (exact) mass is 377 g/mol. The highest BCUT2D eigenvalue weighted by atomic mass is 16.6. The van der Waals surface area contributed by atoms with Crippen LogP contribution in [0.2, 0.25) is 0 Å².